The molecule has 0 bridgehead atoms. The standard InChI is InChI=1S/C17H27NO2/c18-11-10-17(19)15-8-5-9-16(12-15)20-13-14-6-3-1-2-4-7-14/h5,8-9,12,14,17,19H,1-4,6-7,10-11,13,18H2/t17-/m1/s1. The Morgan fingerprint density at radius 2 is 1.95 bits per heavy atom. The van der Waals surface area contributed by atoms with Crippen molar-refractivity contribution in [2.45, 2.75) is 51.0 Å². The Balaban J connectivity index is 1.87. The molecule has 0 saturated heterocycles. The fourth-order valence-electron chi connectivity index (χ4n) is 2.88. The van der Waals surface area contributed by atoms with Gasteiger partial charge in [0.2, 0.25) is 0 Å². The highest BCUT2D eigenvalue weighted by Gasteiger charge is 2.13. The molecule has 0 aliphatic heterocycles. The van der Waals surface area contributed by atoms with Crippen LogP contribution in [0, 0.1) is 5.92 Å². The number of hydrogen-bond donors (Lipinski definition) is 2. The third-order valence-corrected chi connectivity index (χ3v) is 4.14. The predicted molar refractivity (Wildman–Crippen MR) is 81.8 cm³/mol. The summed E-state index contributed by atoms with van der Waals surface area (Å²) in [5.74, 6) is 1.55. The summed E-state index contributed by atoms with van der Waals surface area (Å²) in [7, 11) is 0. The van der Waals surface area contributed by atoms with E-state index >= 15 is 0 Å². The minimum atomic E-state index is -0.485. The van der Waals surface area contributed by atoms with Crippen LogP contribution in [0.1, 0.15) is 56.6 Å². The van der Waals surface area contributed by atoms with Gasteiger partial charge in [-0.2, -0.15) is 0 Å². The van der Waals surface area contributed by atoms with Crippen LogP contribution in [0.25, 0.3) is 0 Å². The van der Waals surface area contributed by atoms with Crippen molar-refractivity contribution in [3.8, 4) is 5.75 Å². The summed E-state index contributed by atoms with van der Waals surface area (Å²) in [6, 6.07) is 7.78. The molecule has 112 valence electrons. The molecule has 3 N–H and O–H groups in total. The number of benzene rings is 1. The molecule has 3 heteroatoms. The van der Waals surface area contributed by atoms with Crippen LogP contribution >= 0.6 is 0 Å². The fraction of sp³-hybridized carbons (Fsp3) is 0.647. The Hall–Kier alpha value is -1.06. The second-order valence-corrected chi connectivity index (χ2v) is 5.83. The maximum atomic E-state index is 9.96. The first-order valence-electron chi connectivity index (χ1n) is 7.90. The van der Waals surface area contributed by atoms with Gasteiger partial charge in [-0.1, -0.05) is 37.8 Å². The van der Waals surface area contributed by atoms with Crippen molar-refractivity contribution < 1.29 is 9.84 Å². The van der Waals surface area contributed by atoms with E-state index < -0.39 is 6.10 Å². The van der Waals surface area contributed by atoms with Crippen molar-refractivity contribution in [1.82, 2.24) is 0 Å². The number of nitrogens with two attached hydrogens (primary N) is 1. The molecule has 1 aliphatic rings. The average molecular weight is 277 g/mol. The van der Waals surface area contributed by atoms with Crippen LogP contribution in [0.5, 0.6) is 5.75 Å². The number of ether oxygens (including phenoxy) is 1. The molecule has 20 heavy (non-hydrogen) atoms. The summed E-state index contributed by atoms with van der Waals surface area (Å²) in [5.41, 5.74) is 6.38. The molecule has 1 fully saturated rings. The molecule has 0 unspecified atom stereocenters. The number of hydrogen-bond acceptors (Lipinski definition) is 3. The van der Waals surface area contributed by atoms with Crippen LogP contribution in [0.15, 0.2) is 24.3 Å². The van der Waals surface area contributed by atoms with Crippen LogP contribution in [-0.4, -0.2) is 18.3 Å². The Bertz CT molecular complexity index is 386. The predicted octanol–water partition coefficient (Wildman–Crippen LogP) is 3.42. The van der Waals surface area contributed by atoms with Crippen LogP contribution in [-0.2, 0) is 0 Å². The molecule has 0 spiro atoms. The zero-order chi connectivity index (χ0) is 14.2. The molecule has 2 rings (SSSR count). The van der Waals surface area contributed by atoms with Crippen LogP contribution in [0.4, 0.5) is 0 Å². The Morgan fingerprint density at radius 1 is 1.20 bits per heavy atom. The Kier molecular flexibility index (Phi) is 6.34. The SMILES string of the molecule is NCC[C@@H](O)c1cccc(OCC2CCCCCC2)c1. The molecule has 1 aliphatic carbocycles. The molecule has 0 aromatic heterocycles. The van der Waals surface area contributed by atoms with E-state index in [0.29, 0.717) is 18.9 Å². The quantitative estimate of drug-likeness (QED) is 0.783. The lowest BCUT2D eigenvalue weighted by molar-refractivity contribution is 0.169. The molecule has 0 amide bonds. The van der Waals surface area contributed by atoms with Crippen LogP contribution < -0.4 is 10.5 Å². The minimum Gasteiger partial charge on any atom is -0.493 e. The van der Waals surface area contributed by atoms with E-state index in [2.05, 4.69) is 0 Å². The molecular weight excluding hydrogens is 250 g/mol. The van der Waals surface area contributed by atoms with E-state index in [1.807, 2.05) is 24.3 Å². The number of rotatable bonds is 6. The van der Waals surface area contributed by atoms with Gasteiger partial charge in [-0.3, -0.25) is 0 Å². The first-order valence-corrected chi connectivity index (χ1v) is 7.90. The minimum absolute atomic E-state index is 0.485. The van der Waals surface area contributed by atoms with Crippen molar-refractivity contribution >= 4 is 0 Å². The summed E-state index contributed by atoms with van der Waals surface area (Å²) < 4.78 is 5.93. The number of aliphatic hydroxyl groups excluding tert-OH is 1. The molecule has 1 atom stereocenters. The summed E-state index contributed by atoms with van der Waals surface area (Å²) >= 11 is 0. The highest BCUT2D eigenvalue weighted by molar-refractivity contribution is 5.29. The van der Waals surface area contributed by atoms with E-state index in [9.17, 15) is 5.11 Å². The van der Waals surface area contributed by atoms with E-state index in [0.717, 1.165) is 17.9 Å². The van der Waals surface area contributed by atoms with E-state index in [-0.39, 0.29) is 0 Å². The van der Waals surface area contributed by atoms with Gasteiger partial charge in [0.25, 0.3) is 0 Å². The fourth-order valence-corrected chi connectivity index (χ4v) is 2.88. The van der Waals surface area contributed by atoms with Gasteiger partial charge in [-0.05, 0) is 49.4 Å². The summed E-state index contributed by atoms with van der Waals surface area (Å²) in [6.07, 6.45) is 8.10. The Morgan fingerprint density at radius 3 is 2.65 bits per heavy atom. The zero-order valence-electron chi connectivity index (χ0n) is 12.3. The zero-order valence-corrected chi connectivity index (χ0v) is 12.3. The van der Waals surface area contributed by atoms with E-state index in [1.54, 1.807) is 0 Å². The lowest BCUT2D eigenvalue weighted by Crippen LogP contribution is -2.11. The van der Waals surface area contributed by atoms with Crippen molar-refractivity contribution in [2.75, 3.05) is 13.2 Å². The summed E-state index contributed by atoms with van der Waals surface area (Å²) in [4.78, 5) is 0. The van der Waals surface area contributed by atoms with Crippen LogP contribution in [0.3, 0.4) is 0 Å². The van der Waals surface area contributed by atoms with Crippen molar-refractivity contribution in [3.05, 3.63) is 29.8 Å². The van der Waals surface area contributed by atoms with Gasteiger partial charge in [0.1, 0.15) is 5.75 Å². The lowest BCUT2D eigenvalue weighted by Gasteiger charge is -2.16. The van der Waals surface area contributed by atoms with Crippen molar-refractivity contribution in [3.63, 3.8) is 0 Å². The van der Waals surface area contributed by atoms with Gasteiger partial charge in [0, 0.05) is 0 Å². The normalized spacial score (nSPS) is 18.5. The van der Waals surface area contributed by atoms with Crippen molar-refractivity contribution in [2.24, 2.45) is 11.7 Å². The van der Waals surface area contributed by atoms with Gasteiger partial charge in [-0.25, -0.2) is 0 Å². The lowest BCUT2D eigenvalue weighted by atomic mass is 10.0. The van der Waals surface area contributed by atoms with Gasteiger partial charge >= 0.3 is 0 Å². The maximum absolute atomic E-state index is 9.96. The van der Waals surface area contributed by atoms with Gasteiger partial charge < -0.3 is 15.6 Å². The van der Waals surface area contributed by atoms with Crippen LogP contribution in [0.2, 0.25) is 0 Å². The highest BCUT2D eigenvalue weighted by Crippen LogP contribution is 2.25. The third-order valence-electron chi connectivity index (χ3n) is 4.14. The number of aliphatic hydroxyl groups is 1. The van der Waals surface area contributed by atoms with E-state index in [4.69, 9.17) is 10.5 Å². The topological polar surface area (TPSA) is 55.5 Å². The first kappa shape index (κ1) is 15.3. The molecule has 1 aromatic carbocycles. The van der Waals surface area contributed by atoms with Gasteiger partial charge in [0.15, 0.2) is 0 Å². The first-order chi connectivity index (χ1) is 9.79. The molecule has 0 heterocycles. The molecule has 1 aromatic rings. The second-order valence-electron chi connectivity index (χ2n) is 5.83. The average Bonchev–Trinajstić information content (AvgIpc) is 2.74. The Labute approximate surface area is 122 Å². The third kappa shape index (κ3) is 4.80. The molecule has 3 nitrogen and oxygen atoms in total. The van der Waals surface area contributed by atoms with E-state index in [1.165, 1.54) is 38.5 Å². The van der Waals surface area contributed by atoms with Gasteiger partial charge in [0.05, 0.1) is 12.7 Å². The highest BCUT2D eigenvalue weighted by atomic mass is 16.5. The smallest absolute Gasteiger partial charge is 0.119 e. The molecular formula is C17H27NO2. The molecule has 0 radical (unpaired) electrons. The van der Waals surface area contributed by atoms with Gasteiger partial charge in [-0.15, -0.1) is 0 Å². The second kappa shape index (κ2) is 8.28. The largest absolute Gasteiger partial charge is 0.493 e. The monoisotopic (exact) mass is 277 g/mol. The molecule has 1 saturated carbocycles. The summed E-state index contributed by atoms with van der Waals surface area (Å²) in [6.45, 7) is 1.30. The summed E-state index contributed by atoms with van der Waals surface area (Å²) in [5, 5.41) is 9.96. The van der Waals surface area contributed by atoms with Crippen molar-refractivity contribution in [1.29, 1.82) is 0 Å². The maximum Gasteiger partial charge on any atom is 0.119 e.